The van der Waals surface area contributed by atoms with E-state index in [-0.39, 0.29) is 23.4 Å². The Bertz CT molecular complexity index is 1140. The molecule has 3 rings (SSSR count). The first-order valence-electron chi connectivity index (χ1n) is 11.7. The van der Waals surface area contributed by atoms with Gasteiger partial charge in [-0.3, -0.25) is 4.98 Å². The molecule has 2 aromatic rings. The van der Waals surface area contributed by atoms with Crippen LogP contribution in [0.15, 0.2) is 18.2 Å². The fourth-order valence-electron chi connectivity index (χ4n) is 4.55. The van der Waals surface area contributed by atoms with Gasteiger partial charge in [-0.05, 0) is 38.5 Å². The molecule has 0 radical (unpaired) electrons. The Morgan fingerprint density at radius 2 is 1.97 bits per heavy atom. The molecule has 0 bridgehead atoms. The van der Waals surface area contributed by atoms with Gasteiger partial charge in [-0.1, -0.05) is 15.9 Å². The lowest BCUT2D eigenvalue weighted by atomic mass is 9.91. The number of quaternary nitrogens is 1. The summed E-state index contributed by atoms with van der Waals surface area (Å²) in [6.07, 6.45) is -1.99. The van der Waals surface area contributed by atoms with E-state index >= 15 is 0 Å². The van der Waals surface area contributed by atoms with Gasteiger partial charge in [-0.15, -0.1) is 0 Å². The van der Waals surface area contributed by atoms with Crippen molar-refractivity contribution in [2.75, 3.05) is 44.6 Å². The Hall–Kier alpha value is -1.38. The third kappa shape index (κ3) is 7.13. The van der Waals surface area contributed by atoms with Gasteiger partial charge >= 0.3 is 22.2 Å². The van der Waals surface area contributed by atoms with E-state index in [1.165, 1.54) is 6.07 Å². The molecule has 8 nitrogen and oxygen atoms in total. The van der Waals surface area contributed by atoms with Crippen molar-refractivity contribution in [3.63, 3.8) is 0 Å². The Balaban J connectivity index is 1.95. The van der Waals surface area contributed by atoms with Gasteiger partial charge in [0.15, 0.2) is 0 Å². The van der Waals surface area contributed by atoms with Crippen molar-refractivity contribution in [1.29, 1.82) is 0 Å². The highest BCUT2D eigenvalue weighted by Crippen LogP contribution is 2.40. The molecule has 3 unspecified atom stereocenters. The van der Waals surface area contributed by atoms with Crippen molar-refractivity contribution in [2.24, 2.45) is 5.92 Å². The molecule has 1 aromatic carbocycles. The molecule has 0 amide bonds. The minimum absolute atomic E-state index is 0.0736. The number of piperidine rings is 1. The van der Waals surface area contributed by atoms with Crippen LogP contribution in [0.3, 0.4) is 0 Å². The van der Waals surface area contributed by atoms with E-state index in [0.29, 0.717) is 43.2 Å². The predicted octanol–water partition coefficient (Wildman–Crippen LogP) is 4.75. The number of aromatic amines is 1. The average molecular weight is 555 g/mol. The van der Waals surface area contributed by atoms with Crippen molar-refractivity contribution < 1.29 is 35.3 Å². The highest BCUT2D eigenvalue weighted by atomic mass is 32.2. The highest BCUT2D eigenvalue weighted by Gasteiger charge is 2.52. The van der Waals surface area contributed by atoms with Crippen LogP contribution in [-0.2, 0) is 30.1 Å². The molecule has 13 heteroatoms. The molecule has 1 fully saturated rings. The second kappa shape index (κ2) is 11.2. The highest BCUT2D eigenvalue weighted by molar-refractivity contribution is 7.99. The molecule has 204 valence electrons. The van der Waals surface area contributed by atoms with Crippen LogP contribution in [0.1, 0.15) is 39.2 Å². The SMILES string of the molecule is COCCOC(C)(C)CSCC1C(C)CCC[N+]1(OS(C)(=O)=O)c1nc2ccc(C(F)(F)F)cc2[nH]1. The summed E-state index contributed by atoms with van der Waals surface area (Å²) in [5.41, 5.74) is -0.755. The summed E-state index contributed by atoms with van der Waals surface area (Å²) < 4.78 is 80.9. The monoisotopic (exact) mass is 554 g/mol. The molecule has 3 atom stereocenters. The zero-order valence-electron chi connectivity index (χ0n) is 21.2. The summed E-state index contributed by atoms with van der Waals surface area (Å²) in [7, 11) is -2.33. The Labute approximate surface area is 214 Å². The van der Waals surface area contributed by atoms with Crippen LogP contribution in [0.5, 0.6) is 0 Å². The smallest absolute Gasteiger partial charge is 0.382 e. The first-order valence-corrected chi connectivity index (χ1v) is 14.7. The van der Waals surface area contributed by atoms with Crippen molar-refractivity contribution >= 4 is 38.9 Å². The number of hydrogen-bond donors (Lipinski definition) is 1. The minimum atomic E-state index is -4.51. The van der Waals surface area contributed by atoms with Crippen molar-refractivity contribution in [1.82, 2.24) is 14.6 Å². The van der Waals surface area contributed by atoms with Crippen LogP contribution in [0.2, 0.25) is 0 Å². The normalized spacial score (nSPS) is 23.9. The zero-order valence-corrected chi connectivity index (χ0v) is 22.9. The van der Waals surface area contributed by atoms with Crippen LogP contribution >= 0.6 is 11.8 Å². The lowest BCUT2D eigenvalue weighted by Gasteiger charge is -2.43. The number of hydroxylamine groups is 2. The number of nitrogens with zero attached hydrogens (tertiary/aromatic N) is 2. The summed E-state index contributed by atoms with van der Waals surface area (Å²) in [5, 5.41) is 0. The van der Waals surface area contributed by atoms with Gasteiger partial charge in [0.25, 0.3) is 0 Å². The maximum absolute atomic E-state index is 13.3. The summed E-state index contributed by atoms with van der Waals surface area (Å²) in [6, 6.07) is 2.93. The standard InChI is InChI=1S/C23H35F3N3O5S2/c1-16-7-6-10-29(34-36(5,30)31,20(16)14-35-15-22(2,3)33-12-11-32-4)21-27-18-9-8-17(23(24,25)26)13-19(18)28-21/h8-9,13,16,20H,6-7,10-12,14-15H2,1-5H3,(H,27,28)/q+1. The molecule has 0 saturated carbocycles. The third-order valence-electron chi connectivity index (χ3n) is 6.28. The van der Waals surface area contributed by atoms with E-state index in [9.17, 15) is 21.6 Å². The second-order valence-electron chi connectivity index (χ2n) is 9.89. The van der Waals surface area contributed by atoms with Gasteiger partial charge in [0.05, 0.1) is 41.7 Å². The molecular formula is C23H35F3N3O5S2+. The molecule has 0 aliphatic carbocycles. The number of aromatic nitrogens is 2. The molecule has 1 aliphatic rings. The van der Waals surface area contributed by atoms with E-state index in [0.717, 1.165) is 24.8 Å². The van der Waals surface area contributed by atoms with Gasteiger partial charge in [0.1, 0.15) is 12.6 Å². The number of ether oxygens (including phenoxy) is 2. The minimum Gasteiger partial charge on any atom is -0.382 e. The number of rotatable bonds is 11. The van der Waals surface area contributed by atoms with Gasteiger partial charge in [0, 0.05) is 31.0 Å². The van der Waals surface area contributed by atoms with Gasteiger partial charge in [-0.25, -0.2) is 0 Å². The maximum Gasteiger partial charge on any atom is 0.416 e. The molecule has 2 heterocycles. The number of benzene rings is 1. The number of thioether (sulfide) groups is 1. The topological polar surface area (TPSA) is 90.5 Å². The van der Waals surface area contributed by atoms with Gasteiger partial charge < -0.3 is 9.47 Å². The summed E-state index contributed by atoms with van der Waals surface area (Å²) in [6.45, 7) is 7.26. The van der Waals surface area contributed by atoms with Crippen molar-refractivity contribution in [3.05, 3.63) is 23.8 Å². The van der Waals surface area contributed by atoms with Crippen LogP contribution in [0.25, 0.3) is 11.0 Å². The molecule has 1 N–H and O–H groups in total. The average Bonchev–Trinajstić information content (AvgIpc) is 3.18. The lowest BCUT2D eigenvalue weighted by molar-refractivity contribution is -0.137. The second-order valence-corrected chi connectivity index (χ2v) is 12.5. The van der Waals surface area contributed by atoms with E-state index in [1.807, 2.05) is 20.8 Å². The number of nitrogens with one attached hydrogen (secondary N) is 1. The first-order chi connectivity index (χ1) is 16.7. The first kappa shape index (κ1) is 29.2. The van der Waals surface area contributed by atoms with E-state index in [2.05, 4.69) is 9.97 Å². The van der Waals surface area contributed by atoms with Crippen molar-refractivity contribution in [3.8, 4) is 0 Å². The van der Waals surface area contributed by atoms with Crippen LogP contribution in [0.4, 0.5) is 19.1 Å². The lowest BCUT2D eigenvalue weighted by Crippen LogP contribution is -2.64. The van der Waals surface area contributed by atoms with Crippen LogP contribution in [-0.4, -0.2) is 74.7 Å². The Morgan fingerprint density at radius 1 is 1.25 bits per heavy atom. The number of methoxy groups -OCH3 is 1. The third-order valence-corrected chi connectivity index (χ3v) is 8.30. The fraction of sp³-hybridized carbons (Fsp3) is 0.696. The number of alkyl halides is 3. The number of halogens is 3. The molecule has 1 saturated heterocycles. The van der Waals surface area contributed by atoms with Crippen LogP contribution in [0, 0.1) is 5.92 Å². The fourth-order valence-corrected chi connectivity index (χ4v) is 6.80. The van der Waals surface area contributed by atoms with E-state index in [1.54, 1.807) is 18.9 Å². The largest absolute Gasteiger partial charge is 0.416 e. The molecular weight excluding hydrogens is 519 g/mol. The van der Waals surface area contributed by atoms with Crippen molar-refractivity contribution in [2.45, 2.75) is 51.4 Å². The number of imidazole rings is 1. The van der Waals surface area contributed by atoms with E-state index < -0.39 is 32.1 Å². The van der Waals surface area contributed by atoms with Gasteiger partial charge in [-0.2, -0.15) is 38.3 Å². The number of H-pyrrole nitrogens is 1. The quantitative estimate of drug-likeness (QED) is 0.317. The molecule has 1 aromatic heterocycles. The molecule has 0 spiro atoms. The molecule has 36 heavy (non-hydrogen) atoms. The predicted molar refractivity (Wildman–Crippen MR) is 135 cm³/mol. The summed E-state index contributed by atoms with van der Waals surface area (Å²) in [4.78, 5) is 7.48. The maximum atomic E-state index is 13.3. The summed E-state index contributed by atoms with van der Waals surface area (Å²) in [5.74, 6) is 1.44. The van der Waals surface area contributed by atoms with Crippen LogP contribution < -0.4 is 4.65 Å². The zero-order chi connectivity index (χ0) is 26.8. The summed E-state index contributed by atoms with van der Waals surface area (Å²) >= 11 is 1.62. The Morgan fingerprint density at radius 3 is 2.61 bits per heavy atom. The Kier molecular flexibility index (Phi) is 9.05. The number of hydrogen-bond acceptors (Lipinski definition) is 7. The molecule has 1 aliphatic heterocycles. The van der Waals surface area contributed by atoms with Gasteiger partial charge in [0.2, 0.25) is 0 Å². The number of fused-ring (bicyclic) bond motifs is 1. The van der Waals surface area contributed by atoms with E-state index in [4.69, 9.17) is 13.8 Å².